The van der Waals surface area contributed by atoms with Crippen LogP contribution in [-0.2, 0) is 4.79 Å². The molecular formula is C14H23F3N2O2. The maximum Gasteiger partial charge on any atom is 0.401 e. The summed E-state index contributed by atoms with van der Waals surface area (Å²) in [5.74, 6) is 0.252. The number of rotatable bonds is 7. The molecule has 2 atom stereocenters. The summed E-state index contributed by atoms with van der Waals surface area (Å²) < 4.78 is 37.0. The zero-order chi connectivity index (χ0) is 15.5. The van der Waals surface area contributed by atoms with Gasteiger partial charge in [-0.1, -0.05) is 12.8 Å². The SMILES string of the molecule is O=C(O)CCN1CC(CC2CC2)CC(NCC(F)(F)F)C1. The van der Waals surface area contributed by atoms with Gasteiger partial charge in [-0.3, -0.25) is 4.79 Å². The Bertz CT molecular complexity index is 359. The Balaban J connectivity index is 1.84. The van der Waals surface area contributed by atoms with Gasteiger partial charge in [-0.05, 0) is 24.7 Å². The molecule has 0 aromatic rings. The van der Waals surface area contributed by atoms with Crippen LogP contribution in [0.4, 0.5) is 13.2 Å². The highest BCUT2D eigenvalue weighted by Gasteiger charge is 2.34. The van der Waals surface area contributed by atoms with E-state index in [1.54, 1.807) is 0 Å². The lowest BCUT2D eigenvalue weighted by molar-refractivity contribution is -0.137. The van der Waals surface area contributed by atoms with Crippen molar-refractivity contribution in [2.24, 2.45) is 11.8 Å². The zero-order valence-electron chi connectivity index (χ0n) is 12.0. The van der Waals surface area contributed by atoms with Crippen LogP contribution in [0.2, 0.25) is 0 Å². The molecule has 2 unspecified atom stereocenters. The first-order valence-corrected chi connectivity index (χ1v) is 7.56. The number of hydrogen-bond donors (Lipinski definition) is 2. The van der Waals surface area contributed by atoms with E-state index in [-0.39, 0.29) is 12.5 Å². The molecule has 1 aliphatic carbocycles. The average molecular weight is 308 g/mol. The Labute approximate surface area is 122 Å². The number of nitrogens with one attached hydrogen (secondary N) is 1. The van der Waals surface area contributed by atoms with Gasteiger partial charge < -0.3 is 15.3 Å². The van der Waals surface area contributed by atoms with Gasteiger partial charge in [-0.15, -0.1) is 0 Å². The van der Waals surface area contributed by atoms with E-state index in [4.69, 9.17) is 5.11 Å². The Morgan fingerprint density at radius 2 is 1.95 bits per heavy atom. The van der Waals surface area contributed by atoms with Crippen LogP contribution in [-0.4, -0.2) is 54.4 Å². The van der Waals surface area contributed by atoms with E-state index in [0.29, 0.717) is 19.0 Å². The number of hydrogen-bond acceptors (Lipinski definition) is 3. The van der Waals surface area contributed by atoms with Gasteiger partial charge in [-0.2, -0.15) is 13.2 Å². The molecule has 2 N–H and O–H groups in total. The topological polar surface area (TPSA) is 52.6 Å². The third kappa shape index (κ3) is 6.65. The summed E-state index contributed by atoms with van der Waals surface area (Å²) in [7, 11) is 0. The van der Waals surface area contributed by atoms with Crippen molar-refractivity contribution in [1.29, 1.82) is 0 Å². The van der Waals surface area contributed by atoms with Gasteiger partial charge >= 0.3 is 12.1 Å². The number of halogens is 3. The van der Waals surface area contributed by atoms with Crippen molar-refractivity contribution in [2.75, 3.05) is 26.2 Å². The second kappa shape index (κ2) is 6.96. The lowest BCUT2D eigenvalue weighted by atomic mass is 9.89. The first-order valence-electron chi connectivity index (χ1n) is 7.56. The molecule has 0 spiro atoms. The van der Waals surface area contributed by atoms with E-state index in [1.165, 1.54) is 12.8 Å². The van der Waals surface area contributed by atoms with Crippen molar-refractivity contribution in [3.63, 3.8) is 0 Å². The molecule has 4 nitrogen and oxygen atoms in total. The molecule has 21 heavy (non-hydrogen) atoms. The highest BCUT2D eigenvalue weighted by Crippen LogP contribution is 2.37. The maximum atomic E-state index is 12.3. The van der Waals surface area contributed by atoms with Crippen LogP contribution in [0.25, 0.3) is 0 Å². The smallest absolute Gasteiger partial charge is 0.401 e. The Morgan fingerprint density at radius 3 is 2.52 bits per heavy atom. The van der Waals surface area contributed by atoms with E-state index >= 15 is 0 Å². The van der Waals surface area contributed by atoms with E-state index < -0.39 is 18.7 Å². The lowest BCUT2D eigenvalue weighted by Crippen LogP contribution is -2.51. The van der Waals surface area contributed by atoms with E-state index in [9.17, 15) is 18.0 Å². The summed E-state index contributed by atoms with van der Waals surface area (Å²) in [5, 5.41) is 11.3. The lowest BCUT2D eigenvalue weighted by Gasteiger charge is -2.38. The Morgan fingerprint density at radius 1 is 1.24 bits per heavy atom. The summed E-state index contributed by atoms with van der Waals surface area (Å²) in [6.45, 7) is 0.764. The Kier molecular flexibility index (Phi) is 5.48. The molecular weight excluding hydrogens is 285 g/mol. The predicted octanol–water partition coefficient (Wildman–Crippen LogP) is 2.10. The van der Waals surface area contributed by atoms with Crippen molar-refractivity contribution in [3.05, 3.63) is 0 Å². The van der Waals surface area contributed by atoms with Gasteiger partial charge in [0.2, 0.25) is 0 Å². The fourth-order valence-corrected chi connectivity index (χ4v) is 3.14. The summed E-state index contributed by atoms with van der Waals surface area (Å²) in [4.78, 5) is 12.7. The van der Waals surface area contributed by atoms with Gasteiger partial charge in [0.15, 0.2) is 0 Å². The highest BCUT2D eigenvalue weighted by atomic mass is 19.4. The average Bonchev–Trinajstić information content (AvgIpc) is 3.17. The molecule has 0 aromatic heterocycles. The molecule has 1 aliphatic heterocycles. The molecule has 0 radical (unpaired) electrons. The third-order valence-electron chi connectivity index (χ3n) is 4.21. The third-order valence-corrected chi connectivity index (χ3v) is 4.21. The van der Waals surface area contributed by atoms with Crippen molar-refractivity contribution in [2.45, 2.75) is 44.3 Å². The predicted molar refractivity (Wildman–Crippen MR) is 72.0 cm³/mol. The number of alkyl halides is 3. The fourth-order valence-electron chi connectivity index (χ4n) is 3.14. The summed E-state index contributed by atoms with van der Waals surface area (Å²) >= 11 is 0. The van der Waals surface area contributed by atoms with E-state index in [2.05, 4.69) is 5.32 Å². The minimum absolute atomic E-state index is 0.0438. The number of piperidine rings is 1. The number of carboxylic acids is 1. The van der Waals surface area contributed by atoms with Gasteiger partial charge in [0.05, 0.1) is 13.0 Å². The number of nitrogens with zero attached hydrogens (tertiary/aromatic N) is 1. The largest absolute Gasteiger partial charge is 0.481 e. The molecule has 1 heterocycles. The number of carbonyl (C=O) groups is 1. The molecule has 0 aromatic carbocycles. The molecule has 1 saturated heterocycles. The summed E-state index contributed by atoms with van der Waals surface area (Å²) in [5.41, 5.74) is 0. The zero-order valence-corrected chi connectivity index (χ0v) is 12.0. The van der Waals surface area contributed by atoms with Crippen LogP contribution in [0.5, 0.6) is 0 Å². The highest BCUT2D eigenvalue weighted by molar-refractivity contribution is 5.66. The van der Waals surface area contributed by atoms with Crippen molar-refractivity contribution >= 4 is 5.97 Å². The van der Waals surface area contributed by atoms with Crippen LogP contribution in [0.15, 0.2) is 0 Å². The van der Waals surface area contributed by atoms with Crippen LogP contribution < -0.4 is 5.32 Å². The second-order valence-electron chi connectivity index (χ2n) is 6.38. The van der Waals surface area contributed by atoms with Crippen molar-refractivity contribution in [1.82, 2.24) is 10.2 Å². The van der Waals surface area contributed by atoms with Gasteiger partial charge in [-0.25, -0.2) is 0 Å². The van der Waals surface area contributed by atoms with Crippen LogP contribution in [0.1, 0.15) is 32.1 Å². The summed E-state index contributed by atoms with van der Waals surface area (Å²) in [6, 6.07) is -0.196. The molecule has 2 rings (SSSR count). The fraction of sp³-hybridized carbons (Fsp3) is 0.929. The first-order chi connectivity index (χ1) is 9.82. The molecule has 2 fully saturated rings. The maximum absolute atomic E-state index is 12.3. The summed E-state index contributed by atoms with van der Waals surface area (Å²) in [6.07, 6.45) is 0.125. The molecule has 1 saturated carbocycles. The molecule has 0 bridgehead atoms. The standard InChI is InChI=1S/C14H23F3N2O2/c15-14(16,17)9-18-12-6-11(5-10-1-2-10)7-19(8-12)4-3-13(20)21/h10-12,18H,1-9H2,(H,20,21). The van der Waals surface area contributed by atoms with Crippen LogP contribution in [0, 0.1) is 11.8 Å². The number of carboxylic acid groups (broad SMARTS) is 1. The Hall–Kier alpha value is -0.820. The molecule has 7 heteroatoms. The molecule has 122 valence electrons. The number of likely N-dealkylation sites (tertiary alicyclic amines) is 1. The number of aliphatic carboxylic acids is 1. The van der Waals surface area contributed by atoms with Crippen molar-refractivity contribution < 1.29 is 23.1 Å². The minimum atomic E-state index is -4.20. The van der Waals surface area contributed by atoms with E-state index in [0.717, 1.165) is 25.3 Å². The van der Waals surface area contributed by atoms with Crippen LogP contribution >= 0.6 is 0 Å². The quantitative estimate of drug-likeness (QED) is 0.756. The monoisotopic (exact) mass is 308 g/mol. The van der Waals surface area contributed by atoms with E-state index in [1.807, 2.05) is 4.90 Å². The van der Waals surface area contributed by atoms with Crippen molar-refractivity contribution in [3.8, 4) is 0 Å². The van der Waals surface area contributed by atoms with Gasteiger partial charge in [0.1, 0.15) is 0 Å². The van der Waals surface area contributed by atoms with Gasteiger partial charge in [0, 0.05) is 25.7 Å². The van der Waals surface area contributed by atoms with Gasteiger partial charge in [0.25, 0.3) is 0 Å². The normalized spacial score (nSPS) is 27.8. The molecule has 2 aliphatic rings. The molecule has 0 amide bonds. The second-order valence-corrected chi connectivity index (χ2v) is 6.38. The van der Waals surface area contributed by atoms with Crippen LogP contribution in [0.3, 0.4) is 0 Å². The first kappa shape index (κ1) is 16.5. The minimum Gasteiger partial charge on any atom is -0.481 e.